The summed E-state index contributed by atoms with van der Waals surface area (Å²) in [5.74, 6) is 2.62. The van der Waals surface area contributed by atoms with Gasteiger partial charge in [0.1, 0.15) is 5.78 Å². The number of hydrogen-bond acceptors (Lipinski definition) is 1. The van der Waals surface area contributed by atoms with Crippen molar-refractivity contribution < 1.29 is 4.79 Å². The molecule has 2 saturated carbocycles. The van der Waals surface area contributed by atoms with Gasteiger partial charge in [0.05, 0.1) is 0 Å². The molecule has 0 N–H and O–H groups in total. The molecule has 2 aromatic carbocycles. The predicted octanol–water partition coefficient (Wildman–Crippen LogP) is 8.68. The van der Waals surface area contributed by atoms with Gasteiger partial charge in [-0.25, -0.2) is 0 Å². The van der Waals surface area contributed by atoms with E-state index < -0.39 is 0 Å². The number of aryl methyl sites for hydroxylation is 2. The van der Waals surface area contributed by atoms with Crippen LogP contribution in [-0.4, -0.2) is 5.78 Å². The topological polar surface area (TPSA) is 17.1 Å². The van der Waals surface area contributed by atoms with Crippen LogP contribution in [0.15, 0.2) is 48.5 Å². The molecule has 0 aliphatic heterocycles. The van der Waals surface area contributed by atoms with E-state index in [4.69, 9.17) is 0 Å². The number of hydrogen-bond donors (Lipinski definition) is 0. The third kappa shape index (κ3) is 6.12. The van der Waals surface area contributed by atoms with Crippen molar-refractivity contribution in [1.82, 2.24) is 0 Å². The van der Waals surface area contributed by atoms with Crippen molar-refractivity contribution >= 4 is 5.78 Å². The highest BCUT2D eigenvalue weighted by Crippen LogP contribution is 2.42. The zero-order valence-electron chi connectivity index (χ0n) is 20.3. The highest BCUT2D eigenvalue weighted by molar-refractivity contribution is 5.80. The van der Waals surface area contributed by atoms with Crippen molar-refractivity contribution in [3.63, 3.8) is 0 Å². The van der Waals surface area contributed by atoms with Gasteiger partial charge in [0.15, 0.2) is 0 Å². The maximum Gasteiger partial charge on any atom is 0.134 e. The first-order valence-electron chi connectivity index (χ1n) is 13.2. The van der Waals surface area contributed by atoms with E-state index in [1.54, 1.807) is 0 Å². The lowest BCUT2D eigenvalue weighted by Gasteiger charge is -2.33. The Labute approximate surface area is 196 Å². The smallest absolute Gasteiger partial charge is 0.134 e. The maximum absolute atomic E-state index is 13.6. The molecule has 2 fully saturated rings. The maximum atomic E-state index is 13.6. The van der Waals surface area contributed by atoms with Gasteiger partial charge in [0.2, 0.25) is 0 Å². The van der Waals surface area contributed by atoms with Crippen molar-refractivity contribution in [3.05, 3.63) is 70.8 Å². The molecule has 1 heteroatoms. The lowest BCUT2D eigenvalue weighted by molar-refractivity contribution is -0.120. The SMILES string of the molecule is Cc1ccc([C@@H](CC(=O)C[C@@H](c2ccc(C)cc2)C2CCCCC2)C2CCCCC2)cc1. The van der Waals surface area contributed by atoms with Gasteiger partial charge < -0.3 is 0 Å². The van der Waals surface area contributed by atoms with Crippen LogP contribution in [0.1, 0.15) is 111 Å². The first-order valence-corrected chi connectivity index (χ1v) is 13.2. The second kappa shape index (κ2) is 11.3. The van der Waals surface area contributed by atoms with E-state index in [-0.39, 0.29) is 0 Å². The molecule has 2 aliphatic carbocycles. The van der Waals surface area contributed by atoms with Crippen molar-refractivity contribution in [2.75, 3.05) is 0 Å². The second-order valence-corrected chi connectivity index (χ2v) is 10.8. The quantitative estimate of drug-likeness (QED) is 0.409. The number of Topliss-reactive ketones (excluding diaryl/α,β-unsaturated/α-hetero) is 1. The van der Waals surface area contributed by atoms with Crippen LogP contribution in [0.3, 0.4) is 0 Å². The Hall–Kier alpha value is -1.89. The van der Waals surface area contributed by atoms with Crippen molar-refractivity contribution in [2.45, 2.75) is 103 Å². The van der Waals surface area contributed by atoms with Crippen LogP contribution >= 0.6 is 0 Å². The second-order valence-electron chi connectivity index (χ2n) is 10.8. The van der Waals surface area contributed by atoms with Crippen LogP contribution in [0.25, 0.3) is 0 Å². The Morgan fingerprint density at radius 3 is 1.31 bits per heavy atom. The van der Waals surface area contributed by atoms with E-state index in [2.05, 4.69) is 62.4 Å². The summed E-state index contributed by atoms with van der Waals surface area (Å²) in [6.45, 7) is 4.31. The van der Waals surface area contributed by atoms with E-state index >= 15 is 0 Å². The number of rotatable bonds is 8. The summed E-state index contributed by atoms with van der Waals surface area (Å²) in [4.78, 5) is 13.6. The molecule has 0 saturated heterocycles. The first kappa shape index (κ1) is 23.3. The van der Waals surface area contributed by atoms with Gasteiger partial charge in [-0.3, -0.25) is 4.79 Å². The summed E-state index contributed by atoms with van der Waals surface area (Å²) in [6, 6.07) is 18.1. The zero-order chi connectivity index (χ0) is 22.3. The van der Waals surface area contributed by atoms with Crippen LogP contribution in [0.2, 0.25) is 0 Å². The van der Waals surface area contributed by atoms with Gasteiger partial charge in [0.25, 0.3) is 0 Å². The Bertz CT molecular complexity index is 764. The molecule has 2 aliphatic rings. The minimum Gasteiger partial charge on any atom is -0.300 e. The number of carbonyl (C=O) groups is 1. The average Bonchev–Trinajstić information content (AvgIpc) is 2.83. The van der Waals surface area contributed by atoms with Gasteiger partial charge in [-0.2, -0.15) is 0 Å². The minimum absolute atomic E-state index is 0.397. The normalized spacial score (nSPS) is 20.1. The van der Waals surface area contributed by atoms with Crippen molar-refractivity contribution in [1.29, 1.82) is 0 Å². The van der Waals surface area contributed by atoms with Crippen LogP contribution in [0.5, 0.6) is 0 Å². The number of benzene rings is 2. The van der Waals surface area contributed by atoms with E-state index in [9.17, 15) is 4.79 Å². The fourth-order valence-electron chi connectivity index (χ4n) is 6.39. The molecule has 0 aromatic heterocycles. The van der Waals surface area contributed by atoms with Crippen LogP contribution in [0, 0.1) is 25.7 Å². The fraction of sp³-hybridized carbons (Fsp3) is 0.581. The third-order valence-electron chi connectivity index (χ3n) is 8.34. The van der Waals surface area contributed by atoms with Crippen LogP contribution in [0.4, 0.5) is 0 Å². The molecule has 0 radical (unpaired) electrons. The van der Waals surface area contributed by atoms with Gasteiger partial charge >= 0.3 is 0 Å². The molecule has 0 bridgehead atoms. The van der Waals surface area contributed by atoms with Gasteiger partial charge in [-0.1, -0.05) is 98.2 Å². The summed E-state index contributed by atoms with van der Waals surface area (Å²) >= 11 is 0. The Balaban J connectivity index is 1.52. The Morgan fingerprint density at radius 2 is 0.969 bits per heavy atom. The molecule has 2 aromatic rings. The molecule has 172 valence electrons. The minimum atomic E-state index is 0.397. The first-order chi connectivity index (χ1) is 15.6. The molecule has 0 unspecified atom stereocenters. The Kier molecular flexibility index (Phi) is 8.22. The zero-order valence-corrected chi connectivity index (χ0v) is 20.3. The molecule has 2 atom stereocenters. The number of ketones is 1. The van der Waals surface area contributed by atoms with E-state index in [1.165, 1.54) is 86.5 Å². The third-order valence-corrected chi connectivity index (χ3v) is 8.34. The summed E-state index contributed by atoms with van der Waals surface area (Å²) in [5.41, 5.74) is 5.39. The van der Waals surface area contributed by atoms with Crippen LogP contribution in [-0.2, 0) is 4.79 Å². The van der Waals surface area contributed by atoms with Gasteiger partial charge in [-0.05, 0) is 74.3 Å². The number of carbonyl (C=O) groups excluding carboxylic acids is 1. The van der Waals surface area contributed by atoms with Gasteiger partial charge in [0, 0.05) is 12.8 Å². The van der Waals surface area contributed by atoms with Crippen LogP contribution < -0.4 is 0 Å². The molecular weight excluding hydrogens is 388 g/mol. The monoisotopic (exact) mass is 430 g/mol. The lowest BCUT2D eigenvalue weighted by atomic mass is 9.71. The van der Waals surface area contributed by atoms with Crippen molar-refractivity contribution in [3.8, 4) is 0 Å². The highest BCUT2D eigenvalue weighted by atomic mass is 16.1. The largest absolute Gasteiger partial charge is 0.300 e. The molecule has 0 amide bonds. The molecule has 32 heavy (non-hydrogen) atoms. The summed E-state index contributed by atoms with van der Waals surface area (Å²) < 4.78 is 0. The van der Waals surface area contributed by atoms with Crippen molar-refractivity contribution in [2.24, 2.45) is 11.8 Å². The standard InChI is InChI=1S/C31H42O/c1-23-13-17-27(18-14-23)30(25-9-5-3-6-10-25)21-29(32)22-31(26-11-7-4-8-12-26)28-19-15-24(2)16-20-28/h13-20,25-26,30-31H,3-12,21-22H2,1-2H3/t30-,31+. The highest BCUT2D eigenvalue weighted by Gasteiger charge is 2.31. The summed E-state index contributed by atoms with van der Waals surface area (Å²) in [6.07, 6.45) is 14.6. The average molecular weight is 431 g/mol. The lowest BCUT2D eigenvalue weighted by Crippen LogP contribution is -2.23. The van der Waals surface area contributed by atoms with E-state index in [0.717, 1.165) is 12.8 Å². The molecular formula is C31H42O. The fourth-order valence-corrected chi connectivity index (χ4v) is 6.39. The molecule has 0 heterocycles. The van der Waals surface area contributed by atoms with Gasteiger partial charge in [-0.15, -0.1) is 0 Å². The molecule has 0 spiro atoms. The van der Waals surface area contributed by atoms with E-state index in [1.807, 2.05) is 0 Å². The summed E-state index contributed by atoms with van der Waals surface area (Å²) in [5, 5.41) is 0. The molecule has 1 nitrogen and oxygen atoms in total. The molecule has 4 rings (SSSR count). The van der Waals surface area contributed by atoms with E-state index in [0.29, 0.717) is 29.5 Å². The predicted molar refractivity (Wildman–Crippen MR) is 135 cm³/mol. The Morgan fingerprint density at radius 1 is 0.625 bits per heavy atom. The summed E-state index contributed by atoms with van der Waals surface area (Å²) in [7, 11) is 0.